The van der Waals surface area contributed by atoms with Crippen LogP contribution in [0.4, 0.5) is 0 Å². The van der Waals surface area contributed by atoms with Crippen LogP contribution >= 0.6 is 23.5 Å². The number of benzene rings is 1. The minimum absolute atomic E-state index is 0.00399. The summed E-state index contributed by atoms with van der Waals surface area (Å²) in [6.45, 7) is 1.44. The molecule has 6 amide bonds. The van der Waals surface area contributed by atoms with E-state index in [4.69, 9.17) is 28.0 Å². The molecule has 0 aromatic heterocycles. The Morgan fingerprint density at radius 1 is 0.621 bits per heavy atom. The van der Waals surface area contributed by atoms with Crippen molar-refractivity contribution in [2.75, 3.05) is 36.1 Å². The first-order chi connectivity index (χ1) is 31.1. The number of aliphatic carboxylic acids is 4. The zero-order valence-corrected chi connectivity index (χ0v) is 37.9. The van der Waals surface area contributed by atoms with Crippen molar-refractivity contribution in [2.24, 2.45) is 27.9 Å². The Balaban J connectivity index is 3.53. The largest absolute Gasteiger partial charge is 0.481 e. The van der Waals surface area contributed by atoms with Gasteiger partial charge in [-0.15, -0.1) is 11.8 Å². The molecular weight excluding hydrogens is 911 g/mol. The van der Waals surface area contributed by atoms with Gasteiger partial charge >= 0.3 is 23.9 Å². The third kappa shape index (κ3) is 24.8. The monoisotopic (exact) mass is 971 g/mol. The highest BCUT2D eigenvalue weighted by Gasteiger charge is 2.34. The van der Waals surface area contributed by atoms with E-state index in [1.165, 1.54) is 6.92 Å². The summed E-state index contributed by atoms with van der Waals surface area (Å²) >= 11 is 1.79. The van der Waals surface area contributed by atoms with Gasteiger partial charge in [-0.25, -0.2) is 0 Å². The molecule has 18 N–H and O–H groups in total. The van der Waals surface area contributed by atoms with E-state index in [0.29, 0.717) is 12.0 Å². The maximum atomic E-state index is 14.1. The molecule has 0 spiro atoms. The Bertz CT molecular complexity index is 1840. The molecule has 0 heterocycles. The lowest BCUT2D eigenvalue weighted by molar-refractivity contribution is -0.142. The number of hydrogen-bond donors (Lipinski definition) is 14. The van der Waals surface area contributed by atoms with E-state index in [1.54, 1.807) is 30.3 Å². The number of carboxylic acid groups (broad SMARTS) is 4. The molecule has 1 aromatic carbocycles. The zero-order valence-electron chi connectivity index (χ0n) is 36.3. The van der Waals surface area contributed by atoms with Gasteiger partial charge in [0.2, 0.25) is 35.4 Å². The highest BCUT2D eigenvalue weighted by atomic mass is 32.2. The second-order valence-corrected chi connectivity index (χ2v) is 16.8. The third-order valence-electron chi connectivity index (χ3n) is 9.05. The van der Waals surface area contributed by atoms with Crippen molar-refractivity contribution in [3.63, 3.8) is 0 Å². The lowest BCUT2D eigenvalue weighted by Gasteiger charge is -2.27. The molecular formula is C39H61N11O14S2. The first-order valence-corrected chi connectivity index (χ1v) is 22.9. The molecule has 0 fully saturated rings. The standard InChI is InChI=1S/C39H61N11O14S2/c1-21(38(63)64)45-33(58)25(11-7-14-44-39(42)43)47-37(62)28(19-65-15-12-29(51)52)50-34(59)24(10-5-6-13-40)46-35(60)26(16-22-8-3-2-4-9-22)49-36(61)27(17-30(53)54)48-32(57)23(41)18-66-20-31(55)56/h2-4,8-9,21,23-28H,5-7,10-20,40-41H2,1H3,(H,45,58)(H,46,60)(H,47,62)(H,48,57)(H,49,61)(H,50,59)(H,51,52)(H,53,54)(H,55,56)(H,63,64)(H4,42,43,44)/t21-,23-,24-,25-,26-,27-,28-/m0/s1. The fraction of sp³-hybridized carbons (Fsp3) is 0.564. The minimum atomic E-state index is -1.76. The van der Waals surface area contributed by atoms with Crippen LogP contribution in [0.2, 0.25) is 0 Å². The van der Waals surface area contributed by atoms with E-state index in [-0.39, 0.29) is 80.6 Å². The maximum Gasteiger partial charge on any atom is 0.325 e. The maximum absolute atomic E-state index is 14.1. The van der Waals surface area contributed by atoms with Crippen LogP contribution in [0.5, 0.6) is 0 Å². The molecule has 0 radical (unpaired) electrons. The zero-order chi connectivity index (χ0) is 49.8. The van der Waals surface area contributed by atoms with E-state index in [2.05, 4.69) is 36.9 Å². The number of aliphatic imine (C=N–C) groups is 1. The van der Waals surface area contributed by atoms with Crippen LogP contribution in [0.15, 0.2) is 35.3 Å². The number of carboxylic acids is 4. The first kappa shape index (κ1) is 57.8. The highest BCUT2D eigenvalue weighted by Crippen LogP contribution is 2.11. The van der Waals surface area contributed by atoms with Gasteiger partial charge in [-0.05, 0) is 51.1 Å². The number of nitrogens with two attached hydrogens (primary N) is 4. The number of amides is 6. The molecule has 0 saturated heterocycles. The topological polar surface area (TPSA) is 440 Å². The van der Waals surface area contributed by atoms with Crippen LogP contribution in [0.25, 0.3) is 0 Å². The SMILES string of the molecule is C[C@H](NC(=O)[C@H](CCCN=C(N)N)NC(=O)[C@H](CSCCC(=O)O)NC(=O)[C@H](CCCCN)NC(=O)[C@H](Cc1ccccc1)NC(=O)[C@H](CC(=O)O)NC(=O)[C@@H](N)CSCC(=O)O)C(=O)O. The fourth-order valence-corrected chi connectivity index (χ4v) is 7.27. The Labute approximate surface area is 388 Å². The van der Waals surface area contributed by atoms with Gasteiger partial charge in [0.25, 0.3) is 0 Å². The third-order valence-corrected chi connectivity index (χ3v) is 11.2. The van der Waals surface area contributed by atoms with Gasteiger partial charge in [-0.3, -0.25) is 52.9 Å². The van der Waals surface area contributed by atoms with E-state index in [9.17, 15) is 63.3 Å². The quantitative estimate of drug-likeness (QED) is 0.0179. The lowest BCUT2D eigenvalue weighted by Crippen LogP contribution is -2.60. The molecule has 0 aliphatic heterocycles. The van der Waals surface area contributed by atoms with Crippen LogP contribution in [0, 0.1) is 0 Å². The number of rotatable bonds is 34. The van der Waals surface area contributed by atoms with Crippen LogP contribution in [0.3, 0.4) is 0 Å². The minimum Gasteiger partial charge on any atom is -0.481 e. The van der Waals surface area contributed by atoms with Gasteiger partial charge in [0.1, 0.15) is 36.3 Å². The van der Waals surface area contributed by atoms with Gasteiger partial charge in [0.05, 0.1) is 24.6 Å². The predicted octanol–water partition coefficient (Wildman–Crippen LogP) is -3.75. The molecule has 0 unspecified atom stereocenters. The Hall–Kier alpha value is -6.19. The molecule has 25 nitrogen and oxygen atoms in total. The molecule has 0 saturated carbocycles. The molecule has 27 heteroatoms. The van der Waals surface area contributed by atoms with Gasteiger partial charge < -0.3 is 75.3 Å². The van der Waals surface area contributed by atoms with Gasteiger partial charge in [0, 0.05) is 30.2 Å². The Morgan fingerprint density at radius 3 is 1.71 bits per heavy atom. The molecule has 0 aliphatic rings. The number of hydrogen-bond acceptors (Lipinski definition) is 15. The summed E-state index contributed by atoms with van der Waals surface area (Å²) in [6.07, 6.45) is -0.797. The van der Waals surface area contributed by atoms with E-state index in [0.717, 1.165) is 23.5 Å². The number of nitrogens with one attached hydrogen (secondary N) is 6. The predicted molar refractivity (Wildman–Crippen MR) is 243 cm³/mol. The molecule has 0 bridgehead atoms. The summed E-state index contributed by atoms with van der Waals surface area (Å²) in [5.41, 5.74) is 22.8. The lowest BCUT2D eigenvalue weighted by atomic mass is 10.0. The van der Waals surface area contributed by atoms with Crippen molar-refractivity contribution in [3.05, 3.63) is 35.9 Å². The number of unbranched alkanes of at least 4 members (excludes halogenated alkanes) is 1. The number of guanidine groups is 1. The summed E-state index contributed by atoms with van der Waals surface area (Å²) in [5.74, 6) is -11.9. The Kier molecular flexibility index (Phi) is 27.7. The van der Waals surface area contributed by atoms with Crippen molar-refractivity contribution in [1.29, 1.82) is 0 Å². The van der Waals surface area contributed by atoms with E-state index in [1.807, 2.05) is 0 Å². The summed E-state index contributed by atoms with van der Waals surface area (Å²) in [4.78, 5) is 131. The molecule has 7 atom stereocenters. The van der Waals surface area contributed by atoms with Gasteiger partial charge in [0.15, 0.2) is 5.96 Å². The Morgan fingerprint density at radius 2 is 1.15 bits per heavy atom. The van der Waals surface area contributed by atoms with E-state index < -0.39 is 108 Å². The number of thioether (sulfide) groups is 2. The molecule has 1 rings (SSSR count). The normalized spacial score (nSPS) is 14.0. The van der Waals surface area contributed by atoms with Crippen molar-refractivity contribution in [2.45, 2.75) is 101 Å². The first-order valence-electron chi connectivity index (χ1n) is 20.6. The molecule has 66 heavy (non-hydrogen) atoms. The summed E-state index contributed by atoms with van der Waals surface area (Å²) < 4.78 is 0. The van der Waals surface area contributed by atoms with Gasteiger partial charge in [-0.1, -0.05) is 30.3 Å². The van der Waals surface area contributed by atoms with Gasteiger partial charge in [-0.2, -0.15) is 11.8 Å². The van der Waals surface area contributed by atoms with E-state index >= 15 is 0 Å². The van der Waals surface area contributed by atoms with Crippen molar-refractivity contribution in [1.82, 2.24) is 31.9 Å². The molecule has 0 aliphatic carbocycles. The average Bonchev–Trinajstić information content (AvgIpc) is 3.24. The van der Waals surface area contributed by atoms with Crippen LogP contribution in [0.1, 0.15) is 57.4 Å². The number of nitrogens with zero attached hydrogens (tertiary/aromatic N) is 1. The van der Waals surface area contributed by atoms with Crippen molar-refractivity contribution >= 4 is 88.8 Å². The second kappa shape index (κ2) is 31.6. The molecule has 368 valence electrons. The smallest absolute Gasteiger partial charge is 0.325 e. The van der Waals surface area contributed by atoms with Crippen LogP contribution < -0.4 is 54.8 Å². The number of carbonyl (C=O) groups excluding carboxylic acids is 6. The van der Waals surface area contributed by atoms with Crippen LogP contribution in [-0.4, -0.2) is 164 Å². The molecule has 1 aromatic rings. The fourth-order valence-electron chi connectivity index (χ4n) is 5.61. The summed E-state index contributed by atoms with van der Waals surface area (Å²) in [6, 6.07) is -1.95. The average molecular weight is 972 g/mol. The van der Waals surface area contributed by atoms with Crippen molar-refractivity contribution < 1.29 is 68.4 Å². The number of carbonyl (C=O) groups is 10. The second-order valence-electron chi connectivity index (χ2n) is 14.6. The van der Waals surface area contributed by atoms with Crippen LogP contribution in [-0.2, 0) is 54.4 Å². The van der Waals surface area contributed by atoms with Crippen molar-refractivity contribution in [3.8, 4) is 0 Å². The summed E-state index contributed by atoms with van der Waals surface area (Å²) in [7, 11) is 0. The highest BCUT2D eigenvalue weighted by molar-refractivity contribution is 8.00. The summed E-state index contributed by atoms with van der Waals surface area (Å²) in [5, 5.41) is 51.6.